The first-order chi connectivity index (χ1) is 17.7. The molecule has 2 N–H and O–H groups in total. The Bertz CT molecular complexity index is 839. The Balaban J connectivity index is 1.42. The van der Waals surface area contributed by atoms with E-state index in [0.717, 1.165) is 24.3 Å². The summed E-state index contributed by atoms with van der Waals surface area (Å²) >= 11 is 0. The summed E-state index contributed by atoms with van der Waals surface area (Å²) in [5.41, 5.74) is 7.95. The van der Waals surface area contributed by atoms with Gasteiger partial charge in [0.2, 0.25) is 0 Å². The Labute approximate surface area is 220 Å². The van der Waals surface area contributed by atoms with Crippen molar-refractivity contribution in [1.82, 2.24) is 0 Å². The number of carbonyl (C=O) groups is 1. The number of allylic oxidation sites excluding steroid dienone is 1. The summed E-state index contributed by atoms with van der Waals surface area (Å²) in [6.07, 6.45) is 25.5. The molecule has 0 saturated carbocycles. The molecule has 0 amide bonds. The van der Waals surface area contributed by atoms with E-state index in [9.17, 15) is 4.79 Å². The lowest BCUT2D eigenvalue weighted by Crippen LogP contribution is -1.97. The first-order valence-corrected chi connectivity index (χ1v) is 14.5. The number of unbranched alkanes of at least 4 members (excludes halogenated alkanes) is 15. The summed E-state index contributed by atoms with van der Waals surface area (Å²) in [4.78, 5) is 12.2. The fraction of sp³-hybridized carbons (Fsp3) is 0.545. The standard InChI is InChI=1S/C33H49NO2/c1-2-3-4-5-6-7-8-9-10-11-12-13-14-15-16-17-28-36-32-25-18-29(19-26-32)20-27-33(35)30-21-23-31(34)24-22-30/h18-27H,2-17,28,34H2,1H3. The van der Waals surface area contributed by atoms with Crippen molar-refractivity contribution >= 4 is 17.5 Å². The van der Waals surface area contributed by atoms with E-state index in [4.69, 9.17) is 10.5 Å². The molecule has 0 unspecified atom stereocenters. The molecule has 2 aromatic rings. The minimum atomic E-state index is -0.0289. The molecule has 0 fully saturated rings. The molecule has 3 heteroatoms. The van der Waals surface area contributed by atoms with Crippen molar-refractivity contribution in [2.24, 2.45) is 0 Å². The minimum Gasteiger partial charge on any atom is -0.494 e. The third-order valence-electron chi connectivity index (χ3n) is 6.77. The van der Waals surface area contributed by atoms with Crippen LogP contribution in [0.15, 0.2) is 54.6 Å². The molecule has 2 aromatic carbocycles. The zero-order valence-electron chi connectivity index (χ0n) is 22.7. The van der Waals surface area contributed by atoms with Gasteiger partial charge < -0.3 is 10.5 Å². The van der Waals surface area contributed by atoms with Crippen molar-refractivity contribution in [2.75, 3.05) is 12.3 Å². The predicted molar refractivity (Wildman–Crippen MR) is 156 cm³/mol. The largest absolute Gasteiger partial charge is 0.494 e. The third-order valence-corrected chi connectivity index (χ3v) is 6.77. The van der Waals surface area contributed by atoms with E-state index in [1.165, 1.54) is 96.3 Å². The Morgan fingerprint density at radius 3 is 1.64 bits per heavy atom. The maximum atomic E-state index is 12.2. The number of anilines is 1. The topological polar surface area (TPSA) is 52.3 Å². The van der Waals surface area contributed by atoms with Gasteiger partial charge in [0.1, 0.15) is 5.75 Å². The van der Waals surface area contributed by atoms with Crippen molar-refractivity contribution < 1.29 is 9.53 Å². The molecule has 3 nitrogen and oxygen atoms in total. The van der Waals surface area contributed by atoms with Crippen LogP contribution in [0.25, 0.3) is 6.08 Å². The zero-order chi connectivity index (χ0) is 25.7. The van der Waals surface area contributed by atoms with Gasteiger partial charge in [0, 0.05) is 11.3 Å². The summed E-state index contributed by atoms with van der Waals surface area (Å²) in [6, 6.07) is 14.9. The maximum absolute atomic E-state index is 12.2. The van der Waals surface area contributed by atoms with Crippen molar-refractivity contribution in [3.05, 3.63) is 65.7 Å². The molecule has 0 saturated heterocycles. The maximum Gasteiger partial charge on any atom is 0.185 e. The average molecular weight is 492 g/mol. The van der Waals surface area contributed by atoms with Gasteiger partial charge in [-0.2, -0.15) is 0 Å². The van der Waals surface area contributed by atoms with Gasteiger partial charge in [-0.25, -0.2) is 0 Å². The van der Waals surface area contributed by atoms with Crippen LogP contribution in [-0.4, -0.2) is 12.4 Å². The van der Waals surface area contributed by atoms with Crippen LogP contribution in [-0.2, 0) is 0 Å². The number of benzene rings is 2. The minimum absolute atomic E-state index is 0.0289. The third kappa shape index (κ3) is 14.1. The van der Waals surface area contributed by atoms with E-state index < -0.39 is 0 Å². The van der Waals surface area contributed by atoms with Gasteiger partial charge in [-0.3, -0.25) is 4.79 Å². The number of nitrogen functional groups attached to an aromatic ring is 1. The van der Waals surface area contributed by atoms with Gasteiger partial charge in [-0.1, -0.05) is 121 Å². The quantitative estimate of drug-likeness (QED) is 0.0818. The summed E-state index contributed by atoms with van der Waals surface area (Å²) < 4.78 is 5.88. The number of hydrogen-bond donors (Lipinski definition) is 1. The molecular weight excluding hydrogens is 442 g/mol. The predicted octanol–water partition coefficient (Wildman–Crippen LogP) is 9.81. The van der Waals surface area contributed by atoms with Crippen LogP contribution in [0.3, 0.4) is 0 Å². The average Bonchev–Trinajstić information content (AvgIpc) is 2.90. The molecule has 0 radical (unpaired) electrons. The SMILES string of the molecule is CCCCCCCCCCCCCCCCCCOc1ccc(C=CC(=O)c2ccc(N)cc2)cc1. The normalized spacial score (nSPS) is 11.2. The first-order valence-electron chi connectivity index (χ1n) is 14.5. The van der Waals surface area contributed by atoms with Crippen LogP contribution in [0.1, 0.15) is 126 Å². The summed E-state index contributed by atoms with van der Waals surface area (Å²) in [6.45, 7) is 3.05. The number of hydrogen-bond acceptors (Lipinski definition) is 3. The molecule has 0 aliphatic rings. The second-order valence-electron chi connectivity index (χ2n) is 10.0. The van der Waals surface area contributed by atoms with Crippen LogP contribution >= 0.6 is 0 Å². The lowest BCUT2D eigenvalue weighted by molar-refractivity contribution is 0.104. The number of nitrogens with two attached hydrogens (primary N) is 1. The van der Waals surface area contributed by atoms with Gasteiger partial charge in [0.05, 0.1) is 6.61 Å². The number of carbonyl (C=O) groups excluding carboxylic acids is 1. The van der Waals surface area contributed by atoms with E-state index in [0.29, 0.717) is 11.3 Å². The highest BCUT2D eigenvalue weighted by atomic mass is 16.5. The molecule has 0 aliphatic carbocycles. The fourth-order valence-electron chi connectivity index (χ4n) is 4.43. The van der Waals surface area contributed by atoms with Crippen LogP contribution in [0, 0.1) is 0 Å². The lowest BCUT2D eigenvalue weighted by atomic mass is 10.0. The molecule has 0 atom stereocenters. The lowest BCUT2D eigenvalue weighted by Gasteiger charge is -2.07. The van der Waals surface area contributed by atoms with Crippen molar-refractivity contribution in [3.8, 4) is 5.75 Å². The number of ketones is 1. The Morgan fingerprint density at radius 2 is 1.14 bits per heavy atom. The molecule has 0 heterocycles. The molecule has 0 spiro atoms. The first kappa shape index (κ1) is 29.7. The molecule has 0 aromatic heterocycles. The van der Waals surface area contributed by atoms with E-state index in [2.05, 4.69) is 6.92 Å². The summed E-state index contributed by atoms with van der Waals surface area (Å²) in [7, 11) is 0. The van der Waals surface area contributed by atoms with Gasteiger partial charge >= 0.3 is 0 Å². The summed E-state index contributed by atoms with van der Waals surface area (Å²) in [5.74, 6) is 0.858. The van der Waals surface area contributed by atoms with Crippen LogP contribution in [0.5, 0.6) is 5.75 Å². The highest BCUT2D eigenvalue weighted by molar-refractivity contribution is 6.06. The monoisotopic (exact) mass is 491 g/mol. The molecular formula is C33H49NO2. The molecule has 2 rings (SSSR count). The Hall–Kier alpha value is -2.55. The van der Waals surface area contributed by atoms with Crippen LogP contribution < -0.4 is 10.5 Å². The van der Waals surface area contributed by atoms with Gasteiger partial charge in [0.25, 0.3) is 0 Å². The molecule has 36 heavy (non-hydrogen) atoms. The van der Waals surface area contributed by atoms with Gasteiger partial charge in [-0.15, -0.1) is 0 Å². The molecule has 198 valence electrons. The fourth-order valence-corrected chi connectivity index (χ4v) is 4.43. The van der Waals surface area contributed by atoms with E-state index >= 15 is 0 Å². The van der Waals surface area contributed by atoms with Crippen molar-refractivity contribution in [1.29, 1.82) is 0 Å². The highest BCUT2D eigenvalue weighted by Crippen LogP contribution is 2.16. The molecule has 0 aliphatic heterocycles. The second-order valence-corrected chi connectivity index (χ2v) is 10.0. The van der Waals surface area contributed by atoms with Gasteiger partial charge in [-0.05, 0) is 54.5 Å². The van der Waals surface area contributed by atoms with E-state index in [1.807, 2.05) is 30.3 Å². The van der Waals surface area contributed by atoms with Crippen LogP contribution in [0.4, 0.5) is 5.69 Å². The second kappa shape index (κ2) is 19.6. The van der Waals surface area contributed by atoms with Crippen LogP contribution in [0.2, 0.25) is 0 Å². The number of rotatable bonds is 21. The highest BCUT2D eigenvalue weighted by Gasteiger charge is 2.01. The van der Waals surface area contributed by atoms with Crippen molar-refractivity contribution in [2.45, 2.75) is 110 Å². The van der Waals surface area contributed by atoms with Gasteiger partial charge in [0.15, 0.2) is 5.78 Å². The van der Waals surface area contributed by atoms with Crippen molar-refractivity contribution in [3.63, 3.8) is 0 Å². The van der Waals surface area contributed by atoms with E-state index in [-0.39, 0.29) is 5.78 Å². The smallest absolute Gasteiger partial charge is 0.185 e. The van der Waals surface area contributed by atoms with E-state index in [1.54, 1.807) is 30.3 Å². The Morgan fingerprint density at radius 1 is 0.667 bits per heavy atom. The summed E-state index contributed by atoms with van der Waals surface area (Å²) in [5, 5.41) is 0. The Kier molecular flexibility index (Phi) is 16.2. The molecule has 0 bridgehead atoms. The number of ether oxygens (including phenoxy) is 1. The zero-order valence-corrected chi connectivity index (χ0v) is 22.7.